The van der Waals surface area contributed by atoms with Gasteiger partial charge in [-0.3, -0.25) is 0 Å². The average Bonchev–Trinajstić information content (AvgIpc) is 3.15. The quantitative estimate of drug-likeness (QED) is 0.716. The van der Waals surface area contributed by atoms with Crippen LogP contribution in [0.5, 0.6) is 28.7 Å². The molecule has 0 unspecified atom stereocenters. The molecule has 2 aliphatic rings. The van der Waals surface area contributed by atoms with Crippen LogP contribution in [0.25, 0.3) is 0 Å². The summed E-state index contributed by atoms with van der Waals surface area (Å²) < 4.78 is 28.9. The molecule has 0 saturated carbocycles. The normalized spacial score (nSPS) is 16.7. The molecule has 29 heavy (non-hydrogen) atoms. The van der Waals surface area contributed by atoms with Crippen molar-refractivity contribution in [1.29, 1.82) is 5.26 Å². The van der Waals surface area contributed by atoms with E-state index < -0.39 is 5.92 Å². The molecular weight excluding hydrogens is 440 g/mol. The van der Waals surface area contributed by atoms with E-state index in [0.29, 0.717) is 47.5 Å². The molecule has 0 amide bonds. The highest BCUT2D eigenvalue weighted by atomic mass is 79.9. The van der Waals surface area contributed by atoms with Crippen molar-refractivity contribution in [2.45, 2.75) is 19.8 Å². The van der Waals surface area contributed by atoms with Crippen molar-refractivity contribution < 1.29 is 23.7 Å². The molecule has 2 aromatic carbocycles. The first-order valence-corrected chi connectivity index (χ1v) is 9.96. The number of ether oxygens (including phenoxy) is 5. The third kappa shape index (κ3) is 3.32. The molecule has 0 saturated heterocycles. The monoisotopic (exact) mass is 458 g/mol. The second-order valence-corrected chi connectivity index (χ2v) is 7.21. The second-order valence-electron chi connectivity index (χ2n) is 6.35. The van der Waals surface area contributed by atoms with Crippen molar-refractivity contribution in [2.24, 2.45) is 5.73 Å². The van der Waals surface area contributed by atoms with Crippen LogP contribution in [0.1, 0.15) is 30.9 Å². The molecule has 8 heteroatoms. The van der Waals surface area contributed by atoms with Gasteiger partial charge in [-0.1, -0.05) is 15.9 Å². The van der Waals surface area contributed by atoms with Gasteiger partial charge in [-0.05, 0) is 37.6 Å². The van der Waals surface area contributed by atoms with Gasteiger partial charge in [0, 0.05) is 16.1 Å². The largest absolute Gasteiger partial charge is 0.490 e. The van der Waals surface area contributed by atoms with Gasteiger partial charge in [0.25, 0.3) is 0 Å². The Morgan fingerprint density at radius 1 is 1.03 bits per heavy atom. The van der Waals surface area contributed by atoms with Gasteiger partial charge in [0.05, 0.1) is 19.1 Å². The Bertz CT molecular complexity index is 1040. The molecule has 0 fully saturated rings. The number of hydrogen-bond donors (Lipinski definition) is 1. The lowest BCUT2D eigenvalue weighted by Gasteiger charge is -2.28. The minimum atomic E-state index is -0.470. The van der Waals surface area contributed by atoms with Crippen molar-refractivity contribution in [3.63, 3.8) is 0 Å². The highest BCUT2D eigenvalue weighted by molar-refractivity contribution is 9.10. The number of nitrogens with zero attached hydrogens (tertiary/aromatic N) is 1. The zero-order valence-corrected chi connectivity index (χ0v) is 17.5. The Morgan fingerprint density at radius 2 is 1.69 bits per heavy atom. The van der Waals surface area contributed by atoms with Gasteiger partial charge >= 0.3 is 0 Å². The fourth-order valence-electron chi connectivity index (χ4n) is 3.48. The zero-order valence-electron chi connectivity index (χ0n) is 16.0. The Kier molecular flexibility index (Phi) is 5.16. The molecule has 2 aliphatic heterocycles. The summed E-state index contributed by atoms with van der Waals surface area (Å²) in [6.45, 7) is 4.93. The zero-order chi connectivity index (χ0) is 20.5. The first-order chi connectivity index (χ1) is 14.1. The predicted octanol–water partition coefficient (Wildman–Crippen LogP) is 4.19. The average molecular weight is 459 g/mol. The van der Waals surface area contributed by atoms with E-state index in [1.807, 2.05) is 32.0 Å². The summed E-state index contributed by atoms with van der Waals surface area (Å²) in [4.78, 5) is 0. The maximum atomic E-state index is 9.82. The number of halogens is 1. The highest BCUT2D eigenvalue weighted by Gasteiger charge is 2.35. The number of fused-ring (bicyclic) bond motifs is 2. The van der Waals surface area contributed by atoms with E-state index in [1.165, 1.54) is 0 Å². The lowest BCUT2D eigenvalue weighted by molar-refractivity contribution is 0.174. The summed E-state index contributed by atoms with van der Waals surface area (Å²) in [6.07, 6.45) is 0. The number of benzene rings is 2. The van der Waals surface area contributed by atoms with Gasteiger partial charge in [-0.15, -0.1) is 0 Å². The molecule has 2 heterocycles. The van der Waals surface area contributed by atoms with Crippen LogP contribution in [-0.2, 0) is 0 Å². The Morgan fingerprint density at radius 3 is 2.34 bits per heavy atom. The van der Waals surface area contributed by atoms with Crippen LogP contribution in [0.4, 0.5) is 0 Å². The van der Waals surface area contributed by atoms with Crippen LogP contribution in [0.2, 0.25) is 0 Å². The first kappa shape index (κ1) is 19.3. The van der Waals surface area contributed by atoms with Crippen LogP contribution in [-0.4, -0.2) is 20.0 Å². The summed E-state index contributed by atoms with van der Waals surface area (Å²) in [7, 11) is 0. The fourth-order valence-corrected chi connectivity index (χ4v) is 4.03. The Labute approximate surface area is 176 Å². The standard InChI is InChI=1S/C21H19BrN2O5/c1-3-25-16-5-11(14(22)7-18(16)26-4-2)20-12-6-17-19(28-10-27-17)8-15(12)29-21(24)13(20)9-23/h5-8,20H,3-4,10,24H2,1-2H3/t20-/m1/s1. The third-order valence-electron chi connectivity index (χ3n) is 4.68. The van der Waals surface area contributed by atoms with E-state index >= 15 is 0 Å². The van der Waals surface area contributed by atoms with Crippen molar-refractivity contribution >= 4 is 15.9 Å². The predicted molar refractivity (Wildman–Crippen MR) is 108 cm³/mol. The second kappa shape index (κ2) is 7.76. The van der Waals surface area contributed by atoms with E-state index in [1.54, 1.807) is 6.07 Å². The molecule has 0 aromatic heterocycles. The van der Waals surface area contributed by atoms with Gasteiger partial charge in [-0.2, -0.15) is 5.26 Å². The lowest BCUT2D eigenvalue weighted by Crippen LogP contribution is -2.21. The number of nitriles is 1. The van der Waals surface area contributed by atoms with Gasteiger partial charge in [0.1, 0.15) is 17.4 Å². The van der Waals surface area contributed by atoms with E-state index in [0.717, 1.165) is 15.6 Å². The highest BCUT2D eigenvalue weighted by Crippen LogP contribution is 2.50. The van der Waals surface area contributed by atoms with Crippen molar-refractivity contribution in [3.05, 3.63) is 51.3 Å². The smallest absolute Gasteiger partial charge is 0.231 e. The maximum Gasteiger partial charge on any atom is 0.231 e. The Balaban J connectivity index is 1.91. The first-order valence-electron chi connectivity index (χ1n) is 9.17. The number of hydrogen-bond acceptors (Lipinski definition) is 7. The summed E-state index contributed by atoms with van der Waals surface area (Å²) in [5.74, 6) is 2.51. The molecule has 0 aliphatic carbocycles. The van der Waals surface area contributed by atoms with Crippen LogP contribution in [0.3, 0.4) is 0 Å². The van der Waals surface area contributed by atoms with Crippen molar-refractivity contribution in [1.82, 2.24) is 0 Å². The van der Waals surface area contributed by atoms with Crippen LogP contribution < -0.4 is 29.4 Å². The molecule has 150 valence electrons. The molecule has 0 bridgehead atoms. The number of allylic oxidation sites excluding steroid dienone is 1. The van der Waals surface area contributed by atoms with Crippen LogP contribution >= 0.6 is 15.9 Å². The number of rotatable bonds is 5. The lowest BCUT2D eigenvalue weighted by atomic mass is 9.83. The molecule has 0 radical (unpaired) electrons. The van der Waals surface area contributed by atoms with E-state index in [4.69, 9.17) is 29.4 Å². The maximum absolute atomic E-state index is 9.82. The molecule has 7 nitrogen and oxygen atoms in total. The fraction of sp³-hybridized carbons (Fsp3) is 0.286. The summed E-state index contributed by atoms with van der Waals surface area (Å²) in [6, 6.07) is 9.47. The minimum absolute atomic E-state index is 0.0580. The van der Waals surface area contributed by atoms with Gasteiger partial charge in [0.15, 0.2) is 23.0 Å². The summed E-state index contributed by atoms with van der Waals surface area (Å²) in [5.41, 5.74) is 7.96. The van der Waals surface area contributed by atoms with Crippen molar-refractivity contribution in [3.8, 4) is 34.8 Å². The molecule has 0 spiro atoms. The summed E-state index contributed by atoms with van der Waals surface area (Å²) in [5, 5.41) is 9.82. The minimum Gasteiger partial charge on any atom is -0.490 e. The number of nitrogens with two attached hydrogens (primary N) is 1. The van der Waals surface area contributed by atoms with Crippen LogP contribution in [0.15, 0.2) is 40.2 Å². The van der Waals surface area contributed by atoms with E-state index in [2.05, 4.69) is 22.0 Å². The van der Waals surface area contributed by atoms with Gasteiger partial charge < -0.3 is 29.4 Å². The van der Waals surface area contributed by atoms with E-state index in [9.17, 15) is 5.26 Å². The molecule has 2 aromatic rings. The third-order valence-corrected chi connectivity index (χ3v) is 5.37. The topological polar surface area (TPSA) is 96.0 Å². The van der Waals surface area contributed by atoms with Crippen LogP contribution in [0, 0.1) is 11.3 Å². The molecule has 2 N–H and O–H groups in total. The van der Waals surface area contributed by atoms with Gasteiger partial charge in [-0.25, -0.2) is 0 Å². The Hall–Kier alpha value is -3.05. The summed E-state index contributed by atoms with van der Waals surface area (Å²) >= 11 is 3.62. The van der Waals surface area contributed by atoms with Gasteiger partial charge in [0.2, 0.25) is 12.7 Å². The molecular formula is C21H19BrN2O5. The van der Waals surface area contributed by atoms with Crippen molar-refractivity contribution in [2.75, 3.05) is 20.0 Å². The molecule has 1 atom stereocenters. The van der Waals surface area contributed by atoms with E-state index in [-0.39, 0.29) is 12.7 Å². The molecule has 4 rings (SSSR count). The SMILES string of the molecule is CCOc1cc(Br)c([C@H]2C(C#N)=C(N)Oc3cc4c(cc32)OCO4)cc1OCC.